The molecule has 0 aliphatic heterocycles. The van der Waals surface area contributed by atoms with E-state index in [9.17, 15) is 9.59 Å². The molecule has 0 bridgehead atoms. The van der Waals surface area contributed by atoms with E-state index < -0.39 is 23.1 Å². The van der Waals surface area contributed by atoms with Crippen LogP contribution < -0.4 is 0 Å². The highest BCUT2D eigenvalue weighted by Gasteiger charge is 2.21. The number of esters is 2. The first-order valence-corrected chi connectivity index (χ1v) is 12.0. The average Bonchev–Trinajstić information content (AvgIpc) is 2.65. The van der Waals surface area contributed by atoms with Crippen LogP contribution in [0.5, 0.6) is 0 Å². The van der Waals surface area contributed by atoms with E-state index in [0.717, 1.165) is 12.2 Å². The van der Waals surface area contributed by atoms with Gasteiger partial charge < -0.3 is 28.4 Å². The quantitative estimate of drug-likeness (QED) is 0.176. The number of rotatable bonds is 16. The second-order valence-corrected chi connectivity index (χ2v) is 11.3. The summed E-state index contributed by atoms with van der Waals surface area (Å²) < 4.78 is 33.1. The van der Waals surface area contributed by atoms with E-state index in [-0.39, 0.29) is 24.4 Å². The van der Waals surface area contributed by atoms with Crippen LogP contribution in [0.15, 0.2) is 12.2 Å². The second-order valence-electron chi connectivity index (χ2n) is 11.3. The zero-order chi connectivity index (χ0) is 26.5. The third-order valence-corrected chi connectivity index (χ3v) is 4.47. The minimum absolute atomic E-state index is 0.176. The molecule has 8 heteroatoms. The smallest absolute Gasteiger partial charge is 0.331 e. The van der Waals surface area contributed by atoms with Crippen molar-refractivity contribution in [1.82, 2.24) is 0 Å². The summed E-state index contributed by atoms with van der Waals surface area (Å²) in [5, 5.41) is 0. The van der Waals surface area contributed by atoms with Crippen molar-refractivity contribution in [2.24, 2.45) is 0 Å². The SMILES string of the molecule is CC(C)(C)OCCOC(C)(C)CCOC(=O)/C=C/C(=O)OCCC(C)(C)OCCOC(C)(C)C. The van der Waals surface area contributed by atoms with Crippen molar-refractivity contribution in [2.45, 2.75) is 104 Å². The van der Waals surface area contributed by atoms with Crippen molar-refractivity contribution in [3.8, 4) is 0 Å². The first kappa shape index (κ1) is 32.5. The Morgan fingerprint density at radius 3 is 1.09 bits per heavy atom. The van der Waals surface area contributed by atoms with Crippen molar-refractivity contribution in [1.29, 1.82) is 0 Å². The summed E-state index contributed by atoms with van der Waals surface area (Å²) in [5.74, 6) is -1.21. The zero-order valence-electron chi connectivity index (χ0n) is 23.1. The minimum atomic E-state index is -0.605. The molecule has 0 fully saturated rings. The molecule has 0 aromatic carbocycles. The maximum absolute atomic E-state index is 11.8. The Labute approximate surface area is 206 Å². The first-order valence-electron chi connectivity index (χ1n) is 12.0. The third-order valence-electron chi connectivity index (χ3n) is 4.47. The summed E-state index contributed by atoms with van der Waals surface area (Å²) >= 11 is 0. The van der Waals surface area contributed by atoms with Crippen LogP contribution in [0.25, 0.3) is 0 Å². The maximum Gasteiger partial charge on any atom is 0.331 e. The molecule has 0 aliphatic rings. The van der Waals surface area contributed by atoms with Crippen molar-refractivity contribution in [3.05, 3.63) is 12.2 Å². The van der Waals surface area contributed by atoms with Crippen LogP contribution in [-0.4, -0.2) is 74.0 Å². The van der Waals surface area contributed by atoms with Gasteiger partial charge in [-0.05, 0) is 69.2 Å². The molecule has 0 radical (unpaired) electrons. The average molecular weight is 489 g/mol. The fourth-order valence-corrected chi connectivity index (χ4v) is 2.50. The Morgan fingerprint density at radius 1 is 0.500 bits per heavy atom. The lowest BCUT2D eigenvalue weighted by molar-refractivity contribution is -0.143. The lowest BCUT2D eigenvalue weighted by Gasteiger charge is -2.26. The molecular formula is C26H48O8. The van der Waals surface area contributed by atoms with Crippen LogP contribution in [0, 0.1) is 0 Å². The molecule has 0 aliphatic carbocycles. The first-order chi connectivity index (χ1) is 15.4. The molecule has 8 nitrogen and oxygen atoms in total. The molecule has 0 heterocycles. The Balaban J connectivity index is 4.06. The lowest BCUT2D eigenvalue weighted by atomic mass is 10.1. The van der Waals surface area contributed by atoms with Crippen LogP contribution in [0.3, 0.4) is 0 Å². The summed E-state index contributed by atoms with van der Waals surface area (Å²) in [6.45, 7) is 21.9. The Bertz CT molecular complexity index is 570. The molecule has 0 amide bonds. The van der Waals surface area contributed by atoms with Crippen LogP contribution >= 0.6 is 0 Å². The monoisotopic (exact) mass is 488 g/mol. The van der Waals surface area contributed by atoms with E-state index in [1.165, 1.54) is 0 Å². The Hall–Kier alpha value is -1.48. The molecule has 200 valence electrons. The summed E-state index contributed by atoms with van der Waals surface area (Å²) in [6, 6.07) is 0. The van der Waals surface area contributed by atoms with Crippen LogP contribution in [-0.2, 0) is 38.0 Å². The van der Waals surface area contributed by atoms with Gasteiger partial charge >= 0.3 is 11.9 Å². The number of carbonyl (C=O) groups is 2. The van der Waals surface area contributed by atoms with Crippen molar-refractivity contribution in [2.75, 3.05) is 39.6 Å². The van der Waals surface area contributed by atoms with Gasteiger partial charge in [-0.25, -0.2) is 9.59 Å². The van der Waals surface area contributed by atoms with Gasteiger partial charge in [-0.2, -0.15) is 0 Å². The molecule has 0 rings (SSSR count). The summed E-state index contributed by atoms with van der Waals surface area (Å²) in [7, 11) is 0. The van der Waals surface area contributed by atoms with E-state index in [0.29, 0.717) is 39.3 Å². The van der Waals surface area contributed by atoms with Gasteiger partial charge in [0.15, 0.2) is 0 Å². The van der Waals surface area contributed by atoms with Gasteiger partial charge in [0.25, 0.3) is 0 Å². The molecule has 0 saturated heterocycles. The molecule has 0 aromatic rings. The number of ether oxygens (including phenoxy) is 6. The zero-order valence-corrected chi connectivity index (χ0v) is 23.1. The molecule has 0 unspecified atom stereocenters. The molecule has 0 saturated carbocycles. The third kappa shape index (κ3) is 21.1. The highest BCUT2D eigenvalue weighted by molar-refractivity contribution is 5.91. The standard InChI is InChI=1S/C26H48O8/c1-23(2,3)31-17-19-33-25(7,8)13-15-29-21(27)11-12-22(28)30-16-14-26(9,10)34-20-18-32-24(4,5)6/h11-12H,13-20H2,1-10H3/b12-11+. The van der Waals surface area contributed by atoms with E-state index in [4.69, 9.17) is 28.4 Å². The topological polar surface area (TPSA) is 89.5 Å². The van der Waals surface area contributed by atoms with Gasteiger partial charge in [0.1, 0.15) is 0 Å². The maximum atomic E-state index is 11.8. The number of hydrogen-bond donors (Lipinski definition) is 0. The normalized spacial score (nSPS) is 13.4. The summed E-state index contributed by atoms with van der Waals surface area (Å²) in [5.41, 5.74) is -1.33. The summed E-state index contributed by atoms with van der Waals surface area (Å²) in [4.78, 5) is 23.7. The number of carbonyl (C=O) groups excluding carboxylic acids is 2. The fourth-order valence-electron chi connectivity index (χ4n) is 2.50. The Morgan fingerprint density at radius 2 is 0.794 bits per heavy atom. The highest BCUT2D eigenvalue weighted by Crippen LogP contribution is 2.16. The molecule has 0 N–H and O–H groups in total. The van der Waals surface area contributed by atoms with Crippen molar-refractivity contribution in [3.63, 3.8) is 0 Å². The Kier molecular flexibility index (Phi) is 14.2. The molecule has 34 heavy (non-hydrogen) atoms. The van der Waals surface area contributed by atoms with Crippen LogP contribution in [0.4, 0.5) is 0 Å². The highest BCUT2D eigenvalue weighted by atomic mass is 16.6. The van der Waals surface area contributed by atoms with Crippen LogP contribution in [0.2, 0.25) is 0 Å². The van der Waals surface area contributed by atoms with Crippen molar-refractivity contribution >= 4 is 11.9 Å². The predicted octanol–water partition coefficient (Wildman–Crippen LogP) is 4.63. The predicted molar refractivity (Wildman–Crippen MR) is 132 cm³/mol. The van der Waals surface area contributed by atoms with Crippen LogP contribution in [0.1, 0.15) is 82.1 Å². The molecule has 0 aromatic heterocycles. The molecule has 0 spiro atoms. The second kappa shape index (κ2) is 14.8. The van der Waals surface area contributed by atoms with Gasteiger partial charge in [0.05, 0.1) is 62.0 Å². The van der Waals surface area contributed by atoms with E-state index in [1.54, 1.807) is 0 Å². The van der Waals surface area contributed by atoms with Gasteiger partial charge in [-0.3, -0.25) is 0 Å². The molecule has 0 atom stereocenters. The van der Waals surface area contributed by atoms with E-state index in [2.05, 4.69) is 0 Å². The van der Waals surface area contributed by atoms with E-state index in [1.807, 2.05) is 69.2 Å². The van der Waals surface area contributed by atoms with Gasteiger partial charge in [0, 0.05) is 25.0 Å². The molecular weight excluding hydrogens is 440 g/mol. The lowest BCUT2D eigenvalue weighted by Crippen LogP contribution is -2.30. The minimum Gasteiger partial charge on any atom is -0.462 e. The summed E-state index contributed by atoms with van der Waals surface area (Å²) in [6.07, 6.45) is 3.17. The van der Waals surface area contributed by atoms with E-state index >= 15 is 0 Å². The largest absolute Gasteiger partial charge is 0.462 e. The van der Waals surface area contributed by atoms with Crippen molar-refractivity contribution < 1.29 is 38.0 Å². The van der Waals surface area contributed by atoms with Gasteiger partial charge in [-0.1, -0.05) is 0 Å². The number of hydrogen-bond acceptors (Lipinski definition) is 8. The van der Waals surface area contributed by atoms with Gasteiger partial charge in [0.2, 0.25) is 0 Å². The van der Waals surface area contributed by atoms with Gasteiger partial charge in [-0.15, -0.1) is 0 Å². The fraction of sp³-hybridized carbons (Fsp3) is 0.846.